The summed E-state index contributed by atoms with van der Waals surface area (Å²) in [6.07, 6.45) is 3.04. The van der Waals surface area contributed by atoms with E-state index in [2.05, 4.69) is 10.3 Å². The lowest BCUT2D eigenvalue weighted by molar-refractivity contribution is 0.0692. The number of hydrogen-bond donors (Lipinski definition) is 2. The molecule has 2 N–H and O–H groups in total. The van der Waals surface area contributed by atoms with E-state index < -0.39 is 11.8 Å². The van der Waals surface area contributed by atoms with Crippen LogP contribution in [0.15, 0.2) is 29.8 Å². The van der Waals surface area contributed by atoms with Gasteiger partial charge >= 0.3 is 5.97 Å². The van der Waals surface area contributed by atoms with E-state index >= 15 is 0 Å². The smallest absolute Gasteiger partial charge is 0.338 e. The SMILES string of the molecule is CCCC(Nc1nccc(C(=O)O)c1F)c1cccs1. The van der Waals surface area contributed by atoms with E-state index in [1.165, 1.54) is 6.20 Å². The van der Waals surface area contributed by atoms with E-state index in [-0.39, 0.29) is 17.4 Å². The molecule has 0 aliphatic rings. The van der Waals surface area contributed by atoms with Gasteiger partial charge in [0.15, 0.2) is 11.6 Å². The highest BCUT2D eigenvalue weighted by Crippen LogP contribution is 2.28. The Balaban J connectivity index is 2.27. The average Bonchev–Trinajstić information content (AvgIpc) is 2.94. The van der Waals surface area contributed by atoms with Gasteiger partial charge in [-0.05, 0) is 23.9 Å². The minimum absolute atomic E-state index is 0.0169. The number of pyridine rings is 1. The van der Waals surface area contributed by atoms with Gasteiger partial charge in [-0.25, -0.2) is 14.2 Å². The lowest BCUT2D eigenvalue weighted by Crippen LogP contribution is -2.13. The Hall–Kier alpha value is -1.95. The number of thiophene rings is 1. The molecule has 6 heteroatoms. The third-order valence-electron chi connectivity index (χ3n) is 2.89. The number of hydrogen-bond acceptors (Lipinski definition) is 4. The number of carbonyl (C=O) groups is 1. The first-order chi connectivity index (χ1) is 9.63. The van der Waals surface area contributed by atoms with Crippen LogP contribution in [0.4, 0.5) is 10.2 Å². The number of carboxylic acids is 1. The fourth-order valence-electron chi connectivity index (χ4n) is 1.94. The maximum atomic E-state index is 14.1. The summed E-state index contributed by atoms with van der Waals surface area (Å²) in [7, 11) is 0. The van der Waals surface area contributed by atoms with E-state index in [9.17, 15) is 9.18 Å². The zero-order valence-electron chi connectivity index (χ0n) is 11.0. The van der Waals surface area contributed by atoms with Crippen LogP contribution in [0.1, 0.15) is 41.0 Å². The fraction of sp³-hybridized carbons (Fsp3) is 0.286. The number of carboxylic acid groups (broad SMARTS) is 1. The molecule has 2 heterocycles. The van der Waals surface area contributed by atoms with Crippen molar-refractivity contribution in [2.24, 2.45) is 0 Å². The predicted molar refractivity (Wildman–Crippen MR) is 76.7 cm³/mol. The first kappa shape index (κ1) is 14.5. The van der Waals surface area contributed by atoms with Gasteiger partial charge in [-0.3, -0.25) is 0 Å². The zero-order valence-corrected chi connectivity index (χ0v) is 11.8. The second-order valence-electron chi connectivity index (χ2n) is 4.33. The van der Waals surface area contributed by atoms with Crippen LogP contribution in [0, 0.1) is 5.82 Å². The number of rotatable bonds is 6. The second kappa shape index (κ2) is 6.47. The molecule has 0 spiro atoms. The molecule has 106 valence electrons. The Labute approximate surface area is 120 Å². The molecule has 1 unspecified atom stereocenters. The van der Waals surface area contributed by atoms with E-state index in [1.54, 1.807) is 11.3 Å². The summed E-state index contributed by atoms with van der Waals surface area (Å²) in [5, 5.41) is 13.9. The van der Waals surface area contributed by atoms with Crippen molar-refractivity contribution < 1.29 is 14.3 Å². The summed E-state index contributed by atoms with van der Waals surface area (Å²) in [6, 6.07) is 4.99. The van der Waals surface area contributed by atoms with Gasteiger partial charge in [0.25, 0.3) is 0 Å². The minimum Gasteiger partial charge on any atom is -0.478 e. The Morgan fingerprint density at radius 1 is 1.55 bits per heavy atom. The summed E-state index contributed by atoms with van der Waals surface area (Å²) < 4.78 is 14.1. The van der Waals surface area contributed by atoms with Crippen molar-refractivity contribution in [3.63, 3.8) is 0 Å². The van der Waals surface area contributed by atoms with Crippen LogP contribution in [0.3, 0.4) is 0 Å². The van der Waals surface area contributed by atoms with Gasteiger partial charge in [-0.1, -0.05) is 19.4 Å². The van der Waals surface area contributed by atoms with Crippen LogP contribution in [0.25, 0.3) is 0 Å². The number of nitrogens with one attached hydrogen (secondary N) is 1. The highest BCUT2D eigenvalue weighted by atomic mass is 32.1. The van der Waals surface area contributed by atoms with E-state index in [0.717, 1.165) is 23.8 Å². The lowest BCUT2D eigenvalue weighted by atomic mass is 10.1. The largest absolute Gasteiger partial charge is 0.478 e. The molecule has 0 aliphatic heterocycles. The van der Waals surface area contributed by atoms with Crippen molar-refractivity contribution in [2.45, 2.75) is 25.8 Å². The van der Waals surface area contributed by atoms with Crippen molar-refractivity contribution in [2.75, 3.05) is 5.32 Å². The van der Waals surface area contributed by atoms with Crippen LogP contribution in [0.5, 0.6) is 0 Å². The maximum absolute atomic E-state index is 14.1. The lowest BCUT2D eigenvalue weighted by Gasteiger charge is -2.18. The monoisotopic (exact) mass is 294 g/mol. The summed E-state index contributed by atoms with van der Waals surface area (Å²) in [5.74, 6) is -2.13. The van der Waals surface area contributed by atoms with Crippen molar-refractivity contribution in [1.29, 1.82) is 0 Å². The van der Waals surface area contributed by atoms with E-state index in [1.807, 2.05) is 24.4 Å². The molecule has 2 aromatic rings. The van der Waals surface area contributed by atoms with Gasteiger partial charge in [0.1, 0.15) is 5.56 Å². The van der Waals surface area contributed by atoms with Gasteiger partial charge in [0.2, 0.25) is 0 Å². The van der Waals surface area contributed by atoms with Crippen molar-refractivity contribution >= 4 is 23.1 Å². The fourth-order valence-corrected chi connectivity index (χ4v) is 2.75. The first-order valence-corrected chi connectivity index (χ1v) is 7.19. The summed E-state index contributed by atoms with van der Waals surface area (Å²) in [5.41, 5.74) is -0.371. The molecule has 4 nitrogen and oxygen atoms in total. The van der Waals surface area contributed by atoms with Crippen molar-refractivity contribution in [3.05, 3.63) is 46.0 Å². The highest BCUT2D eigenvalue weighted by Gasteiger charge is 2.19. The van der Waals surface area contributed by atoms with Crippen LogP contribution in [0.2, 0.25) is 0 Å². The number of nitrogens with zero attached hydrogens (tertiary/aromatic N) is 1. The Kier molecular flexibility index (Phi) is 4.68. The maximum Gasteiger partial charge on any atom is 0.338 e. The van der Waals surface area contributed by atoms with Crippen LogP contribution >= 0.6 is 11.3 Å². The van der Waals surface area contributed by atoms with Crippen LogP contribution < -0.4 is 5.32 Å². The summed E-state index contributed by atoms with van der Waals surface area (Å²) in [6.45, 7) is 2.04. The molecule has 2 aromatic heterocycles. The quantitative estimate of drug-likeness (QED) is 0.847. The predicted octanol–water partition coefficient (Wildman–Crippen LogP) is 3.93. The molecule has 0 bridgehead atoms. The molecule has 0 radical (unpaired) electrons. The second-order valence-corrected chi connectivity index (χ2v) is 5.31. The molecule has 2 rings (SSSR count). The van der Waals surface area contributed by atoms with E-state index in [4.69, 9.17) is 5.11 Å². The molecule has 0 amide bonds. The van der Waals surface area contributed by atoms with Gasteiger partial charge in [0, 0.05) is 11.1 Å². The zero-order chi connectivity index (χ0) is 14.5. The molecule has 0 fully saturated rings. The Bertz CT molecular complexity index is 587. The topological polar surface area (TPSA) is 62.2 Å². The summed E-state index contributed by atoms with van der Waals surface area (Å²) in [4.78, 5) is 15.9. The van der Waals surface area contributed by atoms with E-state index in [0.29, 0.717) is 0 Å². The minimum atomic E-state index is -1.30. The molecule has 0 saturated carbocycles. The molecular formula is C14H15FN2O2S. The first-order valence-electron chi connectivity index (χ1n) is 6.31. The van der Waals surface area contributed by atoms with Crippen LogP contribution in [-0.4, -0.2) is 16.1 Å². The van der Waals surface area contributed by atoms with Crippen LogP contribution in [-0.2, 0) is 0 Å². The third kappa shape index (κ3) is 3.14. The van der Waals surface area contributed by atoms with Gasteiger partial charge in [0.05, 0.1) is 6.04 Å². The molecular weight excluding hydrogens is 279 g/mol. The van der Waals surface area contributed by atoms with Crippen molar-refractivity contribution in [3.8, 4) is 0 Å². The summed E-state index contributed by atoms with van der Waals surface area (Å²) >= 11 is 1.58. The number of aromatic carboxylic acids is 1. The molecule has 0 aromatic carbocycles. The Morgan fingerprint density at radius 2 is 2.35 bits per heavy atom. The number of halogens is 1. The highest BCUT2D eigenvalue weighted by molar-refractivity contribution is 7.10. The molecule has 0 saturated heterocycles. The van der Waals surface area contributed by atoms with Crippen molar-refractivity contribution in [1.82, 2.24) is 4.98 Å². The number of anilines is 1. The van der Waals surface area contributed by atoms with Gasteiger partial charge < -0.3 is 10.4 Å². The average molecular weight is 294 g/mol. The number of aromatic nitrogens is 1. The Morgan fingerprint density at radius 3 is 2.95 bits per heavy atom. The molecule has 1 atom stereocenters. The normalized spacial score (nSPS) is 12.1. The van der Waals surface area contributed by atoms with Gasteiger partial charge in [-0.2, -0.15) is 0 Å². The molecule has 0 aliphatic carbocycles. The van der Waals surface area contributed by atoms with Gasteiger partial charge in [-0.15, -0.1) is 11.3 Å². The molecule has 20 heavy (non-hydrogen) atoms. The standard InChI is InChI=1S/C14H15FN2O2S/c1-2-4-10(11-5-3-8-20-11)17-13-12(15)9(14(18)19)6-7-16-13/h3,5-8,10H,2,4H2,1H3,(H,16,17)(H,18,19). The third-order valence-corrected chi connectivity index (χ3v) is 3.88.